The second kappa shape index (κ2) is 6.93. The number of halogens is 2. The van der Waals surface area contributed by atoms with Crippen molar-refractivity contribution < 1.29 is 0 Å². The Kier molecular flexibility index (Phi) is 6.65. The van der Waals surface area contributed by atoms with Crippen LogP contribution in [0.5, 0.6) is 0 Å². The standard InChI is InChI=1S/C10H13Cl2N/c1-8(7-9(2)11)5-4-6-13-10(3)12/h4-7,10H,2H2,1,3H3/b5-4-,8-7+,13-6-. The largest absolute Gasteiger partial charge is 0.274 e. The van der Waals surface area contributed by atoms with Crippen LogP contribution in [0.4, 0.5) is 0 Å². The van der Waals surface area contributed by atoms with Gasteiger partial charge in [0.25, 0.3) is 0 Å². The Labute approximate surface area is 89.5 Å². The highest BCUT2D eigenvalue weighted by Gasteiger charge is 1.84. The second-order valence-corrected chi connectivity index (χ2v) is 3.68. The summed E-state index contributed by atoms with van der Waals surface area (Å²) in [5.41, 5.74) is 0.839. The van der Waals surface area contributed by atoms with Crippen molar-refractivity contribution >= 4 is 29.4 Å². The van der Waals surface area contributed by atoms with E-state index in [2.05, 4.69) is 11.6 Å². The van der Waals surface area contributed by atoms with Gasteiger partial charge in [-0.15, -0.1) is 0 Å². The van der Waals surface area contributed by atoms with Crippen molar-refractivity contribution in [2.45, 2.75) is 19.3 Å². The summed E-state index contributed by atoms with van der Waals surface area (Å²) < 4.78 is 0. The van der Waals surface area contributed by atoms with Gasteiger partial charge in [0.2, 0.25) is 0 Å². The lowest BCUT2D eigenvalue weighted by atomic mass is 10.2. The second-order valence-electron chi connectivity index (χ2n) is 2.57. The molecule has 0 fully saturated rings. The number of hydrogen-bond acceptors (Lipinski definition) is 1. The van der Waals surface area contributed by atoms with Crippen LogP contribution in [0.25, 0.3) is 0 Å². The quantitative estimate of drug-likeness (QED) is 0.293. The SMILES string of the molecule is C=C(Cl)/C=C(C)/C=C\C=N/C(C)Cl. The predicted octanol–water partition coefficient (Wildman–Crippen LogP) is 3.90. The Balaban J connectivity index is 4.05. The Morgan fingerprint density at radius 1 is 1.54 bits per heavy atom. The molecule has 1 atom stereocenters. The number of allylic oxidation sites excluding steroid dienone is 5. The molecule has 0 radical (unpaired) electrons. The van der Waals surface area contributed by atoms with E-state index in [1.807, 2.05) is 19.1 Å². The summed E-state index contributed by atoms with van der Waals surface area (Å²) in [7, 11) is 0. The Hall–Kier alpha value is -0.530. The first-order chi connectivity index (χ1) is 6.02. The van der Waals surface area contributed by atoms with E-state index in [1.165, 1.54) is 0 Å². The maximum atomic E-state index is 5.60. The van der Waals surface area contributed by atoms with Gasteiger partial charge in [0.05, 0.1) is 0 Å². The summed E-state index contributed by atoms with van der Waals surface area (Å²) in [5.74, 6) is 0. The van der Waals surface area contributed by atoms with Crippen molar-refractivity contribution in [2.75, 3.05) is 0 Å². The van der Waals surface area contributed by atoms with Crippen LogP contribution in [0.1, 0.15) is 13.8 Å². The summed E-state index contributed by atoms with van der Waals surface area (Å²) in [6.07, 6.45) is 7.13. The Bertz CT molecular complexity index is 250. The summed E-state index contributed by atoms with van der Waals surface area (Å²) in [6, 6.07) is 0. The molecule has 3 heteroatoms. The molecule has 0 saturated carbocycles. The van der Waals surface area contributed by atoms with Crippen LogP contribution in [0.2, 0.25) is 0 Å². The highest BCUT2D eigenvalue weighted by atomic mass is 35.5. The summed E-state index contributed by atoms with van der Waals surface area (Å²) >= 11 is 11.2. The summed E-state index contributed by atoms with van der Waals surface area (Å²) in [6.45, 7) is 7.29. The van der Waals surface area contributed by atoms with E-state index in [1.54, 1.807) is 19.2 Å². The van der Waals surface area contributed by atoms with Gasteiger partial charge < -0.3 is 0 Å². The number of nitrogens with zero attached hydrogens (tertiary/aromatic N) is 1. The van der Waals surface area contributed by atoms with Gasteiger partial charge in [-0.1, -0.05) is 35.9 Å². The van der Waals surface area contributed by atoms with E-state index in [0.29, 0.717) is 5.03 Å². The van der Waals surface area contributed by atoms with Gasteiger partial charge in [0.15, 0.2) is 0 Å². The van der Waals surface area contributed by atoms with Crippen LogP contribution < -0.4 is 0 Å². The van der Waals surface area contributed by atoms with Crippen LogP contribution in [0.3, 0.4) is 0 Å². The molecule has 0 saturated heterocycles. The lowest BCUT2D eigenvalue weighted by Gasteiger charge is -1.90. The van der Waals surface area contributed by atoms with Crippen LogP contribution in [0, 0.1) is 0 Å². The zero-order valence-corrected chi connectivity index (χ0v) is 9.31. The molecule has 72 valence electrons. The molecule has 0 aromatic carbocycles. The van der Waals surface area contributed by atoms with Crippen molar-refractivity contribution in [1.82, 2.24) is 0 Å². The van der Waals surface area contributed by atoms with Crippen molar-refractivity contribution in [2.24, 2.45) is 4.99 Å². The molecule has 0 aliphatic heterocycles. The Morgan fingerprint density at radius 3 is 2.62 bits per heavy atom. The third-order valence-corrected chi connectivity index (χ3v) is 1.34. The molecule has 0 aliphatic carbocycles. The van der Waals surface area contributed by atoms with Gasteiger partial charge in [0, 0.05) is 11.2 Å². The fourth-order valence-electron chi connectivity index (χ4n) is 0.658. The first-order valence-corrected chi connectivity index (χ1v) is 4.70. The summed E-state index contributed by atoms with van der Waals surface area (Å²) in [5, 5.41) is 0.518. The molecule has 1 nitrogen and oxygen atoms in total. The smallest absolute Gasteiger partial charge is 0.121 e. The van der Waals surface area contributed by atoms with Crippen molar-refractivity contribution in [1.29, 1.82) is 0 Å². The van der Waals surface area contributed by atoms with Gasteiger partial charge in [-0.25, -0.2) is 0 Å². The number of alkyl halides is 1. The van der Waals surface area contributed by atoms with E-state index >= 15 is 0 Å². The molecule has 13 heavy (non-hydrogen) atoms. The first kappa shape index (κ1) is 12.5. The summed E-state index contributed by atoms with van der Waals surface area (Å²) in [4.78, 5) is 3.95. The molecule has 0 bridgehead atoms. The highest BCUT2D eigenvalue weighted by Crippen LogP contribution is 2.04. The average Bonchev–Trinajstić information content (AvgIpc) is 1.96. The van der Waals surface area contributed by atoms with Crippen LogP contribution >= 0.6 is 23.2 Å². The fraction of sp³-hybridized carbons (Fsp3) is 0.300. The highest BCUT2D eigenvalue weighted by molar-refractivity contribution is 6.30. The normalized spacial score (nSPS) is 15.5. The molecular formula is C10H13Cl2N. The van der Waals surface area contributed by atoms with Gasteiger partial charge >= 0.3 is 0 Å². The van der Waals surface area contributed by atoms with Gasteiger partial charge in [-0.2, -0.15) is 0 Å². The van der Waals surface area contributed by atoms with Crippen LogP contribution in [-0.2, 0) is 0 Å². The number of hydrogen-bond donors (Lipinski definition) is 0. The monoisotopic (exact) mass is 217 g/mol. The molecule has 1 unspecified atom stereocenters. The minimum absolute atomic E-state index is 0.183. The van der Waals surface area contributed by atoms with Crippen molar-refractivity contribution in [3.8, 4) is 0 Å². The zero-order chi connectivity index (χ0) is 10.3. The van der Waals surface area contributed by atoms with E-state index < -0.39 is 0 Å². The minimum atomic E-state index is -0.183. The molecule has 0 aromatic heterocycles. The lowest BCUT2D eigenvalue weighted by molar-refractivity contribution is 1.04. The molecule has 0 rings (SSSR count). The predicted molar refractivity (Wildman–Crippen MR) is 61.7 cm³/mol. The van der Waals surface area contributed by atoms with Crippen LogP contribution in [0.15, 0.2) is 40.4 Å². The van der Waals surface area contributed by atoms with E-state index in [9.17, 15) is 0 Å². The number of rotatable bonds is 4. The first-order valence-electron chi connectivity index (χ1n) is 3.89. The third kappa shape index (κ3) is 9.38. The molecular weight excluding hydrogens is 205 g/mol. The van der Waals surface area contributed by atoms with Gasteiger partial charge in [-0.05, 0) is 31.6 Å². The van der Waals surface area contributed by atoms with E-state index in [0.717, 1.165) is 5.57 Å². The molecule has 0 aromatic rings. The van der Waals surface area contributed by atoms with E-state index in [-0.39, 0.29) is 5.50 Å². The fourth-order valence-corrected chi connectivity index (χ4v) is 0.895. The molecule has 0 spiro atoms. The molecule has 0 N–H and O–H groups in total. The lowest BCUT2D eigenvalue weighted by Crippen LogP contribution is -1.82. The molecule has 0 heterocycles. The zero-order valence-electron chi connectivity index (χ0n) is 7.80. The number of aliphatic imine (C=N–C) groups is 1. The van der Waals surface area contributed by atoms with Crippen LogP contribution in [-0.4, -0.2) is 11.7 Å². The van der Waals surface area contributed by atoms with Crippen molar-refractivity contribution in [3.05, 3.63) is 35.4 Å². The topological polar surface area (TPSA) is 12.4 Å². The Morgan fingerprint density at radius 2 is 2.15 bits per heavy atom. The molecule has 0 amide bonds. The molecule has 0 aliphatic rings. The van der Waals surface area contributed by atoms with E-state index in [4.69, 9.17) is 23.2 Å². The van der Waals surface area contributed by atoms with Gasteiger partial charge in [-0.3, -0.25) is 4.99 Å². The third-order valence-electron chi connectivity index (χ3n) is 1.12. The van der Waals surface area contributed by atoms with Crippen molar-refractivity contribution in [3.63, 3.8) is 0 Å². The average molecular weight is 218 g/mol. The minimum Gasteiger partial charge on any atom is -0.274 e. The maximum absolute atomic E-state index is 5.60. The maximum Gasteiger partial charge on any atom is 0.121 e. The van der Waals surface area contributed by atoms with Gasteiger partial charge in [0.1, 0.15) is 5.50 Å².